The number of rotatable bonds is 7. The van der Waals surface area contributed by atoms with Crippen molar-refractivity contribution in [2.24, 2.45) is 5.10 Å². The molecule has 3 rings (SSSR count). The van der Waals surface area contributed by atoms with Crippen molar-refractivity contribution in [1.82, 2.24) is 10.7 Å². The molecule has 2 N–H and O–H groups in total. The fraction of sp³-hybridized carbons (Fsp3) is 0.130. The smallest absolute Gasteiger partial charge is 0.187 e. The van der Waals surface area contributed by atoms with Gasteiger partial charge in [-0.3, -0.25) is 5.43 Å². The molecule has 0 saturated carbocycles. The van der Waals surface area contributed by atoms with E-state index in [2.05, 4.69) is 34.9 Å². The highest BCUT2D eigenvalue weighted by molar-refractivity contribution is 7.80. The highest BCUT2D eigenvalue weighted by Gasteiger charge is 1.99. The Morgan fingerprint density at radius 2 is 1.68 bits per heavy atom. The Hall–Kier alpha value is -3.18. The van der Waals surface area contributed by atoms with Crippen LogP contribution in [0.1, 0.15) is 22.3 Å². The molecule has 0 saturated heterocycles. The summed E-state index contributed by atoms with van der Waals surface area (Å²) in [5, 5.41) is 7.77. The Morgan fingerprint density at radius 1 is 0.964 bits per heavy atom. The Bertz CT molecular complexity index is 924. The molecule has 0 heterocycles. The highest BCUT2D eigenvalue weighted by atomic mass is 32.1. The van der Waals surface area contributed by atoms with Gasteiger partial charge in [0.15, 0.2) is 5.11 Å². The first-order chi connectivity index (χ1) is 13.7. The Labute approximate surface area is 171 Å². The SMILES string of the molecule is Cc1ccccc1COc1ccc(/C=N/NC(=S)NCc2ccccc2)cc1. The zero-order valence-corrected chi connectivity index (χ0v) is 16.6. The molecule has 0 amide bonds. The molecule has 0 aromatic heterocycles. The van der Waals surface area contributed by atoms with Crippen molar-refractivity contribution in [3.63, 3.8) is 0 Å². The molecule has 0 fully saturated rings. The summed E-state index contributed by atoms with van der Waals surface area (Å²) < 4.78 is 5.85. The normalized spacial score (nSPS) is 10.6. The third kappa shape index (κ3) is 6.21. The van der Waals surface area contributed by atoms with E-state index in [1.807, 2.05) is 66.7 Å². The quantitative estimate of drug-likeness (QED) is 0.353. The third-order valence-electron chi connectivity index (χ3n) is 4.21. The maximum atomic E-state index is 5.85. The summed E-state index contributed by atoms with van der Waals surface area (Å²) in [5.41, 5.74) is 7.37. The summed E-state index contributed by atoms with van der Waals surface area (Å²) in [6, 6.07) is 26.1. The lowest BCUT2D eigenvalue weighted by Crippen LogP contribution is -2.31. The van der Waals surface area contributed by atoms with Crippen molar-refractivity contribution >= 4 is 23.5 Å². The minimum atomic E-state index is 0.485. The molecule has 0 atom stereocenters. The molecular weight excluding hydrogens is 366 g/mol. The van der Waals surface area contributed by atoms with Gasteiger partial charge < -0.3 is 10.1 Å². The number of hydrogen-bond donors (Lipinski definition) is 2. The van der Waals surface area contributed by atoms with E-state index < -0.39 is 0 Å². The molecule has 0 radical (unpaired) electrons. The van der Waals surface area contributed by atoms with Crippen LogP contribution in [-0.4, -0.2) is 11.3 Å². The summed E-state index contributed by atoms with van der Waals surface area (Å²) in [5.74, 6) is 0.827. The van der Waals surface area contributed by atoms with E-state index in [0.717, 1.165) is 16.9 Å². The standard InChI is InChI=1S/C23H23N3OS/c1-18-7-5-6-10-21(18)17-27-22-13-11-20(12-14-22)16-25-26-23(28)24-15-19-8-3-2-4-9-19/h2-14,16H,15,17H2,1H3,(H2,24,26,28)/b25-16+. The van der Waals surface area contributed by atoms with Crippen molar-refractivity contribution in [2.75, 3.05) is 0 Å². The maximum Gasteiger partial charge on any atom is 0.187 e. The van der Waals surface area contributed by atoms with Gasteiger partial charge in [0.1, 0.15) is 12.4 Å². The summed E-state index contributed by atoms with van der Waals surface area (Å²) in [6.07, 6.45) is 1.72. The molecule has 0 spiro atoms. The summed E-state index contributed by atoms with van der Waals surface area (Å²) in [6.45, 7) is 3.31. The van der Waals surface area contributed by atoms with Gasteiger partial charge in [0.2, 0.25) is 0 Å². The first-order valence-electron chi connectivity index (χ1n) is 9.09. The second-order valence-corrected chi connectivity index (χ2v) is 6.73. The molecule has 3 aromatic rings. The van der Waals surface area contributed by atoms with Crippen molar-refractivity contribution in [3.05, 3.63) is 101 Å². The lowest BCUT2D eigenvalue weighted by atomic mass is 10.1. The first kappa shape index (κ1) is 19.6. The van der Waals surface area contributed by atoms with Crippen LogP contribution >= 0.6 is 12.2 Å². The van der Waals surface area contributed by atoms with Gasteiger partial charge in [-0.2, -0.15) is 5.10 Å². The third-order valence-corrected chi connectivity index (χ3v) is 4.45. The fourth-order valence-corrected chi connectivity index (χ4v) is 2.69. The minimum absolute atomic E-state index is 0.485. The fourth-order valence-electron chi connectivity index (χ4n) is 2.57. The Kier molecular flexibility index (Phi) is 7.15. The monoisotopic (exact) mass is 389 g/mol. The van der Waals surface area contributed by atoms with E-state index in [0.29, 0.717) is 18.3 Å². The number of aryl methyl sites for hydroxylation is 1. The van der Waals surface area contributed by atoms with Crippen molar-refractivity contribution in [1.29, 1.82) is 0 Å². The average molecular weight is 390 g/mol. The topological polar surface area (TPSA) is 45.6 Å². The van der Waals surface area contributed by atoms with E-state index >= 15 is 0 Å². The summed E-state index contributed by atoms with van der Waals surface area (Å²) in [7, 11) is 0. The van der Waals surface area contributed by atoms with Crippen LogP contribution in [0.3, 0.4) is 0 Å². The number of benzene rings is 3. The van der Waals surface area contributed by atoms with Gasteiger partial charge >= 0.3 is 0 Å². The van der Waals surface area contributed by atoms with Gasteiger partial charge in [0, 0.05) is 6.54 Å². The molecule has 0 aliphatic rings. The molecule has 0 aliphatic carbocycles. The second kappa shape index (κ2) is 10.2. The lowest BCUT2D eigenvalue weighted by molar-refractivity contribution is 0.305. The second-order valence-electron chi connectivity index (χ2n) is 6.32. The van der Waals surface area contributed by atoms with Gasteiger partial charge in [-0.25, -0.2) is 0 Å². The average Bonchev–Trinajstić information content (AvgIpc) is 2.73. The molecule has 0 unspecified atom stereocenters. The van der Waals surface area contributed by atoms with Gasteiger partial charge in [0.05, 0.1) is 6.21 Å². The zero-order valence-electron chi connectivity index (χ0n) is 15.8. The van der Waals surface area contributed by atoms with Gasteiger partial charge in [0.25, 0.3) is 0 Å². The minimum Gasteiger partial charge on any atom is -0.489 e. The maximum absolute atomic E-state index is 5.85. The number of nitrogens with one attached hydrogen (secondary N) is 2. The van der Waals surface area contributed by atoms with E-state index in [1.54, 1.807) is 6.21 Å². The van der Waals surface area contributed by atoms with Crippen LogP contribution in [0.4, 0.5) is 0 Å². The highest BCUT2D eigenvalue weighted by Crippen LogP contribution is 2.15. The van der Waals surface area contributed by atoms with Crippen molar-refractivity contribution in [2.45, 2.75) is 20.1 Å². The summed E-state index contributed by atoms with van der Waals surface area (Å²) >= 11 is 5.22. The van der Waals surface area contributed by atoms with E-state index in [9.17, 15) is 0 Å². The Balaban J connectivity index is 1.43. The summed E-state index contributed by atoms with van der Waals surface area (Å²) in [4.78, 5) is 0. The van der Waals surface area contributed by atoms with Gasteiger partial charge in [-0.05, 0) is 65.7 Å². The zero-order chi connectivity index (χ0) is 19.6. The Morgan fingerprint density at radius 3 is 2.43 bits per heavy atom. The lowest BCUT2D eigenvalue weighted by Gasteiger charge is -2.09. The van der Waals surface area contributed by atoms with E-state index in [1.165, 1.54) is 11.1 Å². The van der Waals surface area contributed by atoms with E-state index in [-0.39, 0.29) is 0 Å². The van der Waals surface area contributed by atoms with Crippen LogP contribution in [0.2, 0.25) is 0 Å². The molecule has 0 aliphatic heterocycles. The van der Waals surface area contributed by atoms with Gasteiger partial charge in [-0.15, -0.1) is 0 Å². The molecule has 28 heavy (non-hydrogen) atoms. The molecule has 142 valence electrons. The van der Waals surface area contributed by atoms with Crippen LogP contribution in [0.5, 0.6) is 5.75 Å². The van der Waals surface area contributed by atoms with Crippen LogP contribution in [0.15, 0.2) is 84.0 Å². The number of hydrazone groups is 1. The molecular formula is C23H23N3OS. The number of hydrogen-bond acceptors (Lipinski definition) is 3. The predicted octanol–water partition coefficient (Wildman–Crippen LogP) is 4.57. The molecule has 3 aromatic carbocycles. The van der Waals surface area contributed by atoms with Crippen LogP contribution in [-0.2, 0) is 13.2 Å². The number of thiocarbonyl (C=S) groups is 1. The number of nitrogens with zero attached hydrogens (tertiary/aromatic N) is 1. The van der Waals surface area contributed by atoms with Crippen LogP contribution in [0, 0.1) is 6.92 Å². The van der Waals surface area contributed by atoms with Crippen molar-refractivity contribution < 1.29 is 4.74 Å². The molecule has 4 nitrogen and oxygen atoms in total. The largest absolute Gasteiger partial charge is 0.489 e. The van der Waals surface area contributed by atoms with Crippen LogP contribution < -0.4 is 15.5 Å². The predicted molar refractivity (Wildman–Crippen MR) is 119 cm³/mol. The van der Waals surface area contributed by atoms with Gasteiger partial charge in [-0.1, -0.05) is 54.6 Å². The van der Waals surface area contributed by atoms with Crippen molar-refractivity contribution in [3.8, 4) is 5.75 Å². The molecule has 0 bridgehead atoms. The first-order valence-corrected chi connectivity index (χ1v) is 9.50. The molecule has 5 heteroatoms. The van der Waals surface area contributed by atoms with E-state index in [4.69, 9.17) is 17.0 Å². The van der Waals surface area contributed by atoms with Crippen LogP contribution in [0.25, 0.3) is 0 Å². The number of ether oxygens (including phenoxy) is 1.